The van der Waals surface area contributed by atoms with Gasteiger partial charge >= 0.3 is 0 Å². The standard InChI is InChI=1S/C15H16BrNO2/c1-17-10-11-9-12(16)7-8-13(11)19-15-6-4-3-5-14(15)18-2/h3-9,17H,10H2,1-2H3. The lowest BCUT2D eigenvalue weighted by molar-refractivity contribution is 0.377. The molecule has 1 N–H and O–H groups in total. The Morgan fingerprint density at radius 2 is 1.79 bits per heavy atom. The van der Waals surface area contributed by atoms with E-state index in [1.54, 1.807) is 7.11 Å². The molecule has 19 heavy (non-hydrogen) atoms. The van der Waals surface area contributed by atoms with Gasteiger partial charge in [-0.2, -0.15) is 0 Å². The largest absolute Gasteiger partial charge is 0.493 e. The van der Waals surface area contributed by atoms with Gasteiger partial charge in [0.25, 0.3) is 0 Å². The zero-order valence-corrected chi connectivity index (χ0v) is 12.5. The zero-order chi connectivity index (χ0) is 13.7. The minimum absolute atomic E-state index is 0.713. The van der Waals surface area contributed by atoms with Crippen molar-refractivity contribution in [3.05, 3.63) is 52.5 Å². The second kappa shape index (κ2) is 6.59. The molecule has 0 fully saturated rings. The second-order valence-electron chi connectivity index (χ2n) is 4.04. The van der Waals surface area contributed by atoms with Gasteiger partial charge in [-0.05, 0) is 37.4 Å². The van der Waals surface area contributed by atoms with E-state index in [0.717, 1.165) is 28.1 Å². The molecule has 0 radical (unpaired) electrons. The van der Waals surface area contributed by atoms with E-state index >= 15 is 0 Å². The van der Waals surface area contributed by atoms with Crippen LogP contribution in [0, 0.1) is 0 Å². The number of hydrogen-bond acceptors (Lipinski definition) is 3. The molecule has 0 aliphatic carbocycles. The molecule has 3 nitrogen and oxygen atoms in total. The summed E-state index contributed by atoms with van der Waals surface area (Å²) < 4.78 is 12.3. The molecule has 0 aromatic heterocycles. The summed E-state index contributed by atoms with van der Waals surface area (Å²) in [4.78, 5) is 0. The van der Waals surface area contributed by atoms with Crippen molar-refractivity contribution < 1.29 is 9.47 Å². The molecule has 2 aromatic rings. The van der Waals surface area contributed by atoms with E-state index in [9.17, 15) is 0 Å². The summed E-state index contributed by atoms with van der Waals surface area (Å²) in [6.07, 6.45) is 0. The van der Waals surface area contributed by atoms with Crippen molar-refractivity contribution >= 4 is 15.9 Å². The molecule has 0 saturated carbocycles. The second-order valence-corrected chi connectivity index (χ2v) is 4.95. The van der Waals surface area contributed by atoms with E-state index in [1.807, 2.05) is 49.5 Å². The Balaban J connectivity index is 2.32. The van der Waals surface area contributed by atoms with E-state index < -0.39 is 0 Å². The molecule has 0 spiro atoms. The Labute approximate surface area is 121 Å². The summed E-state index contributed by atoms with van der Waals surface area (Å²) in [7, 11) is 3.55. The Morgan fingerprint density at radius 3 is 2.47 bits per heavy atom. The van der Waals surface area contributed by atoms with Crippen molar-refractivity contribution in [2.75, 3.05) is 14.2 Å². The van der Waals surface area contributed by atoms with E-state index in [1.165, 1.54) is 0 Å². The van der Waals surface area contributed by atoms with Crippen LogP contribution in [0.2, 0.25) is 0 Å². The van der Waals surface area contributed by atoms with Gasteiger partial charge in [-0.3, -0.25) is 0 Å². The monoisotopic (exact) mass is 321 g/mol. The average molecular weight is 322 g/mol. The molecule has 0 atom stereocenters. The first-order valence-corrected chi connectivity index (χ1v) is 6.78. The van der Waals surface area contributed by atoms with E-state index in [2.05, 4.69) is 21.2 Å². The number of rotatable bonds is 5. The predicted molar refractivity (Wildman–Crippen MR) is 80.0 cm³/mol. The highest BCUT2D eigenvalue weighted by Gasteiger charge is 2.08. The molecule has 100 valence electrons. The van der Waals surface area contributed by atoms with Crippen LogP contribution in [0.4, 0.5) is 0 Å². The molecule has 0 heterocycles. The van der Waals surface area contributed by atoms with Gasteiger partial charge in [-0.15, -0.1) is 0 Å². The van der Waals surface area contributed by atoms with E-state index in [0.29, 0.717) is 5.75 Å². The van der Waals surface area contributed by atoms with Crippen molar-refractivity contribution in [1.29, 1.82) is 0 Å². The van der Waals surface area contributed by atoms with Crippen LogP contribution in [0.3, 0.4) is 0 Å². The maximum atomic E-state index is 5.95. The van der Waals surface area contributed by atoms with E-state index in [-0.39, 0.29) is 0 Å². The minimum Gasteiger partial charge on any atom is -0.493 e. The smallest absolute Gasteiger partial charge is 0.169 e. The van der Waals surface area contributed by atoms with Gasteiger partial charge < -0.3 is 14.8 Å². The fourth-order valence-electron chi connectivity index (χ4n) is 1.80. The molecule has 0 unspecified atom stereocenters. The maximum absolute atomic E-state index is 5.95. The number of ether oxygens (including phenoxy) is 2. The zero-order valence-electron chi connectivity index (χ0n) is 10.9. The summed E-state index contributed by atoms with van der Waals surface area (Å²) in [6, 6.07) is 13.6. The topological polar surface area (TPSA) is 30.5 Å². The Bertz CT molecular complexity index is 558. The number of para-hydroxylation sites is 2. The average Bonchev–Trinajstić information content (AvgIpc) is 2.43. The van der Waals surface area contributed by atoms with Gasteiger partial charge in [-0.1, -0.05) is 28.1 Å². The lowest BCUT2D eigenvalue weighted by Gasteiger charge is -2.13. The first kappa shape index (κ1) is 13.9. The summed E-state index contributed by atoms with van der Waals surface area (Å²) in [5.74, 6) is 2.26. The van der Waals surface area contributed by atoms with Gasteiger partial charge in [0.2, 0.25) is 0 Å². The maximum Gasteiger partial charge on any atom is 0.169 e. The van der Waals surface area contributed by atoms with Crippen LogP contribution in [0.1, 0.15) is 5.56 Å². The molecule has 0 bridgehead atoms. The van der Waals surface area contributed by atoms with Crippen LogP contribution in [-0.2, 0) is 6.54 Å². The normalized spacial score (nSPS) is 10.3. The summed E-state index contributed by atoms with van der Waals surface area (Å²) in [5, 5.41) is 3.13. The van der Waals surface area contributed by atoms with Crippen LogP contribution < -0.4 is 14.8 Å². The third-order valence-corrected chi connectivity index (χ3v) is 3.17. The van der Waals surface area contributed by atoms with Crippen molar-refractivity contribution in [3.8, 4) is 17.2 Å². The fourth-order valence-corrected chi connectivity index (χ4v) is 2.21. The van der Waals surface area contributed by atoms with Crippen molar-refractivity contribution in [2.45, 2.75) is 6.54 Å². The highest BCUT2D eigenvalue weighted by Crippen LogP contribution is 2.33. The van der Waals surface area contributed by atoms with Crippen LogP contribution in [0.5, 0.6) is 17.2 Å². The van der Waals surface area contributed by atoms with Crippen LogP contribution in [-0.4, -0.2) is 14.2 Å². The Kier molecular flexibility index (Phi) is 4.82. The number of methoxy groups -OCH3 is 1. The number of nitrogens with one attached hydrogen (secondary N) is 1. The highest BCUT2D eigenvalue weighted by molar-refractivity contribution is 9.10. The number of halogens is 1. The van der Waals surface area contributed by atoms with Crippen LogP contribution >= 0.6 is 15.9 Å². The molecule has 2 rings (SSSR count). The third kappa shape index (κ3) is 3.49. The van der Waals surface area contributed by atoms with Crippen molar-refractivity contribution in [1.82, 2.24) is 5.32 Å². The Morgan fingerprint density at radius 1 is 1.05 bits per heavy atom. The predicted octanol–water partition coefficient (Wildman–Crippen LogP) is 3.97. The third-order valence-electron chi connectivity index (χ3n) is 2.68. The highest BCUT2D eigenvalue weighted by atomic mass is 79.9. The van der Waals surface area contributed by atoms with Crippen molar-refractivity contribution in [2.24, 2.45) is 0 Å². The lowest BCUT2D eigenvalue weighted by Crippen LogP contribution is -2.06. The van der Waals surface area contributed by atoms with Gasteiger partial charge in [0.15, 0.2) is 11.5 Å². The molecule has 0 saturated heterocycles. The first-order chi connectivity index (χ1) is 9.24. The molecule has 2 aromatic carbocycles. The summed E-state index contributed by atoms with van der Waals surface area (Å²) in [5.41, 5.74) is 1.09. The number of benzene rings is 2. The van der Waals surface area contributed by atoms with Crippen LogP contribution in [0.25, 0.3) is 0 Å². The molecule has 0 aliphatic rings. The molecule has 0 aliphatic heterocycles. The fraction of sp³-hybridized carbons (Fsp3) is 0.200. The quantitative estimate of drug-likeness (QED) is 0.903. The van der Waals surface area contributed by atoms with E-state index in [4.69, 9.17) is 9.47 Å². The van der Waals surface area contributed by atoms with Gasteiger partial charge in [0, 0.05) is 16.6 Å². The summed E-state index contributed by atoms with van der Waals surface area (Å²) >= 11 is 3.47. The lowest BCUT2D eigenvalue weighted by atomic mass is 10.2. The molecular formula is C15H16BrNO2. The minimum atomic E-state index is 0.713. The van der Waals surface area contributed by atoms with Gasteiger partial charge in [0.1, 0.15) is 5.75 Å². The SMILES string of the molecule is CNCc1cc(Br)ccc1Oc1ccccc1OC. The number of hydrogen-bond donors (Lipinski definition) is 1. The van der Waals surface area contributed by atoms with Crippen molar-refractivity contribution in [3.63, 3.8) is 0 Å². The molecule has 0 amide bonds. The Hall–Kier alpha value is -1.52. The first-order valence-electron chi connectivity index (χ1n) is 5.98. The van der Waals surface area contributed by atoms with Gasteiger partial charge in [-0.25, -0.2) is 0 Å². The van der Waals surface area contributed by atoms with Crippen LogP contribution in [0.15, 0.2) is 46.9 Å². The molecule has 4 heteroatoms. The van der Waals surface area contributed by atoms with Gasteiger partial charge in [0.05, 0.1) is 7.11 Å². The summed E-state index contributed by atoms with van der Waals surface area (Å²) in [6.45, 7) is 0.740. The molecular weight excluding hydrogens is 306 g/mol.